The summed E-state index contributed by atoms with van der Waals surface area (Å²) < 4.78 is 11.0. The smallest absolute Gasteiger partial charge is 0.336 e. The van der Waals surface area contributed by atoms with Gasteiger partial charge < -0.3 is 19.9 Å². The molecule has 2 N–H and O–H groups in total. The zero-order valence-electron chi connectivity index (χ0n) is 15.0. The molecule has 0 unspecified atom stereocenters. The fourth-order valence-electron chi connectivity index (χ4n) is 4.25. The number of carboxylic acids is 1. The van der Waals surface area contributed by atoms with Crippen LogP contribution in [0, 0.1) is 5.92 Å². The quantitative estimate of drug-likeness (QED) is 0.734. The maximum absolute atomic E-state index is 11.8. The molecule has 0 radical (unpaired) electrons. The number of carboxylic acid groups (broad SMARTS) is 1. The van der Waals surface area contributed by atoms with E-state index in [1.807, 2.05) is 18.2 Å². The number of anilines is 1. The Morgan fingerprint density at radius 2 is 2.04 bits per heavy atom. The molecular weight excluding hydrogens is 366 g/mol. The largest absolute Gasteiger partial charge is 0.497 e. The lowest BCUT2D eigenvalue weighted by atomic mass is 9.75. The zero-order chi connectivity index (χ0) is 19.1. The highest BCUT2D eigenvalue weighted by atomic mass is 35.5. The minimum Gasteiger partial charge on any atom is -0.497 e. The number of hydrogen-bond donors (Lipinski definition) is 2. The van der Waals surface area contributed by atoms with Gasteiger partial charge in [0.15, 0.2) is 0 Å². The summed E-state index contributed by atoms with van der Waals surface area (Å²) in [5, 5.41) is 13.7. The Morgan fingerprint density at radius 3 is 2.74 bits per heavy atom. The second-order valence-electron chi connectivity index (χ2n) is 6.77. The van der Waals surface area contributed by atoms with E-state index in [0.717, 1.165) is 29.0 Å². The predicted molar refractivity (Wildman–Crippen MR) is 104 cm³/mol. The van der Waals surface area contributed by atoms with Gasteiger partial charge in [-0.05, 0) is 48.2 Å². The van der Waals surface area contributed by atoms with Gasteiger partial charge in [-0.2, -0.15) is 0 Å². The average Bonchev–Trinajstić information content (AvgIpc) is 3.17. The number of aromatic carboxylic acids is 1. The molecule has 0 amide bonds. The van der Waals surface area contributed by atoms with E-state index >= 15 is 0 Å². The number of methoxy groups -OCH3 is 2. The minimum atomic E-state index is -0.943. The highest BCUT2D eigenvalue weighted by molar-refractivity contribution is 6.33. The lowest BCUT2D eigenvalue weighted by molar-refractivity contribution is 0.0695. The molecule has 5 nitrogen and oxygen atoms in total. The molecule has 3 atom stereocenters. The number of hydrogen-bond acceptors (Lipinski definition) is 4. The van der Waals surface area contributed by atoms with Gasteiger partial charge in [0.1, 0.15) is 11.5 Å². The fraction of sp³-hybridized carbons (Fsp3) is 0.286. The van der Waals surface area contributed by atoms with E-state index in [9.17, 15) is 9.90 Å². The van der Waals surface area contributed by atoms with E-state index in [0.29, 0.717) is 16.3 Å². The zero-order valence-corrected chi connectivity index (χ0v) is 15.8. The number of fused-ring (bicyclic) bond motifs is 3. The maximum Gasteiger partial charge on any atom is 0.336 e. The van der Waals surface area contributed by atoms with Crippen LogP contribution in [0.5, 0.6) is 11.5 Å². The Labute approximate surface area is 162 Å². The van der Waals surface area contributed by atoms with Crippen molar-refractivity contribution in [1.29, 1.82) is 0 Å². The van der Waals surface area contributed by atoms with E-state index < -0.39 is 5.97 Å². The molecule has 2 aromatic carbocycles. The van der Waals surface area contributed by atoms with Crippen LogP contribution in [0.2, 0.25) is 5.02 Å². The molecule has 1 aliphatic heterocycles. The van der Waals surface area contributed by atoms with E-state index in [2.05, 4.69) is 17.5 Å². The van der Waals surface area contributed by atoms with Crippen LogP contribution in [0.15, 0.2) is 42.5 Å². The standard InChI is InChI=1S/C21H20ClNO4/c1-26-11-6-9-17(27-2)15(10-11)19-13-5-3-4-12(13)18-14(21(24)25)7-8-16(22)20(18)23-19/h3-4,6-10,12-13,19,23H,5H2,1-2H3,(H,24,25)/t12-,13-,19+/m0/s1. The molecule has 0 fully saturated rings. The fourth-order valence-corrected chi connectivity index (χ4v) is 4.47. The summed E-state index contributed by atoms with van der Waals surface area (Å²) in [6.45, 7) is 0. The summed E-state index contributed by atoms with van der Waals surface area (Å²) in [7, 11) is 3.27. The van der Waals surface area contributed by atoms with Crippen molar-refractivity contribution in [3.05, 3.63) is 64.2 Å². The van der Waals surface area contributed by atoms with Crippen molar-refractivity contribution in [3.63, 3.8) is 0 Å². The van der Waals surface area contributed by atoms with Crippen molar-refractivity contribution in [2.45, 2.75) is 18.4 Å². The van der Waals surface area contributed by atoms with Crippen LogP contribution in [-0.2, 0) is 0 Å². The lowest BCUT2D eigenvalue weighted by Gasteiger charge is -2.39. The van der Waals surface area contributed by atoms with Crippen LogP contribution in [0.25, 0.3) is 0 Å². The molecule has 0 saturated heterocycles. The Morgan fingerprint density at radius 1 is 1.22 bits per heavy atom. The summed E-state index contributed by atoms with van der Waals surface area (Å²) in [5.41, 5.74) is 2.70. The predicted octanol–water partition coefficient (Wildman–Crippen LogP) is 4.88. The number of halogens is 1. The first-order valence-electron chi connectivity index (χ1n) is 8.76. The highest BCUT2D eigenvalue weighted by Gasteiger charge is 2.41. The summed E-state index contributed by atoms with van der Waals surface area (Å²) in [6.07, 6.45) is 5.04. The van der Waals surface area contributed by atoms with Crippen LogP contribution in [0.3, 0.4) is 0 Å². The molecule has 4 rings (SSSR count). The number of carbonyl (C=O) groups is 1. The van der Waals surface area contributed by atoms with Crippen molar-refractivity contribution in [2.75, 3.05) is 19.5 Å². The van der Waals surface area contributed by atoms with Gasteiger partial charge in [0.25, 0.3) is 0 Å². The van der Waals surface area contributed by atoms with Crippen molar-refractivity contribution < 1.29 is 19.4 Å². The summed E-state index contributed by atoms with van der Waals surface area (Å²) in [5.74, 6) is 0.697. The molecular formula is C21H20ClNO4. The Balaban J connectivity index is 1.89. The van der Waals surface area contributed by atoms with Gasteiger partial charge in [-0.1, -0.05) is 23.8 Å². The van der Waals surface area contributed by atoms with Crippen LogP contribution in [-0.4, -0.2) is 25.3 Å². The normalized spacial score (nSPS) is 22.6. The summed E-state index contributed by atoms with van der Waals surface area (Å²) in [6, 6.07) is 8.85. The molecule has 2 aliphatic rings. The first-order chi connectivity index (χ1) is 13.0. The first kappa shape index (κ1) is 17.7. The minimum absolute atomic E-state index is 0.0213. The van der Waals surface area contributed by atoms with Crippen LogP contribution in [0.1, 0.15) is 39.9 Å². The van der Waals surface area contributed by atoms with Crippen molar-refractivity contribution >= 4 is 23.3 Å². The molecule has 140 valence electrons. The van der Waals surface area contributed by atoms with Gasteiger partial charge in [0.2, 0.25) is 0 Å². The van der Waals surface area contributed by atoms with E-state index in [1.165, 1.54) is 0 Å². The average molecular weight is 386 g/mol. The van der Waals surface area contributed by atoms with E-state index in [1.54, 1.807) is 26.4 Å². The molecule has 6 heteroatoms. The van der Waals surface area contributed by atoms with Gasteiger partial charge in [-0.3, -0.25) is 0 Å². The summed E-state index contributed by atoms with van der Waals surface area (Å²) >= 11 is 6.46. The number of ether oxygens (including phenoxy) is 2. The Hall–Kier alpha value is -2.66. The number of rotatable bonds is 4. The van der Waals surface area contributed by atoms with Gasteiger partial charge >= 0.3 is 5.97 Å². The van der Waals surface area contributed by atoms with E-state index in [-0.39, 0.29) is 17.9 Å². The summed E-state index contributed by atoms with van der Waals surface area (Å²) in [4.78, 5) is 11.8. The van der Waals surface area contributed by atoms with Crippen LogP contribution < -0.4 is 14.8 Å². The molecule has 0 saturated carbocycles. The Bertz CT molecular complexity index is 940. The van der Waals surface area contributed by atoms with Gasteiger partial charge in [-0.15, -0.1) is 0 Å². The van der Waals surface area contributed by atoms with Gasteiger partial charge in [0, 0.05) is 11.5 Å². The number of allylic oxidation sites excluding steroid dienone is 2. The van der Waals surface area contributed by atoms with Crippen molar-refractivity contribution in [2.24, 2.45) is 5.92 Å². The Kier molecular flexibility index (Phi) is 4.48. The third-order valence-electron chi connectivity index (χ3n) is 5.47. The topological polar surface area (TPSA) is 67.8 Å². The van der Waals surface area contributed by atoms with Crippen LogP contribution >= 0.6 is 11.6 Å². The molecule has 0 aromatic heterocycles. The highest BCUT2D eigenvalue weighted by Crippen LogP contribution is 2.54. The SMILES string of the molecule is COc1ccc(OC)c([C@@H]2Nc3c(Cl)ccc(C(=O)O)c3[C@H]3C=CC[C@@H]32)c1. The molecule has 1 heterocycles. The second kappa shape index (κ2) is 6.82. The molecule has 2 aromatic rings. The molecule has 0 spiro atoms. The second-order valence-corrected chi connectivity index (χ2v) is 7.18. The molecule has 0 bridgehead atoms. The maximum atomic E-state index is 11.8. The molecule has 1 aliphatic carbocycles. The molecule has 27 heavy (non-hydrogen) atoms. The van der Waals surface area contributed by atoms with Crippen molar-refractivity contribution in [3.8, 4) is 11.5 Å². The van der Waals surface area contributed by atoms with Crippen LogP contribution in [0.4, 0.5) is 5.69 Å². The number of nitrogens with one attached hydrogen (secondary N) is 1. The third kappa shape index (κ3) is 2.82. The first-order valence-corrected chi connectivity index (χ1v) is 9.13. The number of benzene rings is 2. The lowest BCUT2D eigenvalue weighted by Crippen LogP contribution is -2.31. The van der Waals surface area contributed by atoms with Gasteiger partial charge in [-0.25, -0.2) is 4.79 Å². The van der Waals surface area contributed by atoms with E-state index in [4.69, 9.17) is 21.1 Å². The monoisotopic (exact) mass is 385 g/mol. The van der Waals surface area contributed by atoms with Gasteiger partial charge in [0.05, 0.1) is 36.5 Å². The third-order valence-corrected chi connectivity index (χ3v) is 5.79. The van der Waals surface area contributed by atoms with Crippen molar-refractivity contribution in [1.82, 2.24) is 0 Å².